The normalized spacial score (nSPS) is 10.8. The van der Waals surface area contributed by atoms with Gasteiger partial charge in [0.15, 0.2) is 5.13 Å². The van der Waals surface area contributed by atoms with Gasteiger partial charge >= 0.3 is 0 Å². The average Bonchev–Trinajstić information content (AvgIpc) is 3.34. The maximum absolute atomic E-state index is 13.7. The molecule has 2 aromatic heterocycles. The van der Waals surface area contributed by atoms with E-state index in [4.69, 9.17) is 16.6 Å². The van der Waals surface area contributed by atoms with Crippen molar-refractivity contribution >= 4 is 56.6 Å². The summed E-state index contributed by atoms with van der Waals surface area (Å²) in [6.45, 7) is 3.10. The number of thiazole rings is 1. The summed E-state index contributed by atoms with van der Waals surface area (Å²) >= 11 is 7.58. The first-order valence-corrected chi connectivity index (χ1v) is 10.3. The van der Waals surface area contributed by atoms with Gasteiger partial charge in [-0.15, -0.1) is 12.4 Å². The third kappa shape index (κ3) is 4.80. The van der Waals surface area contributed by atoms with Crippen LogP contribution in [0.1, 0.15) is 22.3 Å². The van der Waals surface area contributed by atoms with E-state index in [-0.39, 0.29) is 18.3 Å². The van der Waals surface area contributed by atoms with Gasteiger partial charge < -0.3 is 4.57 Å². The number of hydrogen-bond donors (Lipinski definition) is 0. The van der Waals surface area contributed by atoms with Crippen molar-refractivity contribution in [3.63, 3.8) is 0 Å². The molecule has 0 aliphatic rings. The highest BCUT2D eigenvalue weighted by Gasteiger charge is 2.22. The Bertz CT molecular complexity index is 1160. The number of halogens is 3. The average molecular weight is 465 g/mol. The molecule has 0 fully saturated rings. The summed E-state index contributed by atoms with van der Waals surface area (Å²) in [6, 6.07) is 9.43. The van der Waals surface area contributed by atoms with Gasteiger partial charge in [-0.2, -0.15) is 0 Å². The van der Waals surface area contributed by atoms with Crippen molar-refractivity contribution < 1.29 is 9.18 Å². The van der Waals surface area contributed by atoms with Crippen LogP contribution in [-0.2, 0) is 6.54 Å². The molecule has 0 spiro atoms. The second kappa shape index (κ2) is 9.55. The first-order chi connectivity index (χ1) is 14.0. The van der Waals surface area contributed by atoms with Crippen LogP contribution in [-0.4, -0.2) is 27.0 Å². The number of fused-ring (bicyclic) bond motifs is 1. The molecule has 0 radical (unpaired) electrons. The summed E-state index contributed by atoms with van der Waals surface area (Å²) in [4.78, 5) is 23.5. The Labute approximate surface area is 188 Å². The van der Waals surface area contributed by atoms with Gasteiger partial charge in [-0.3, -0.25) is 9.69 Å². The Kier molecular flexibility index (Phi) is 7.07. The Balaban J connectivity index is 0.00000256. The Hall–Kier alpha value is -2.48. The minimum Gasteiger partial charge on any atom is -0.337 e. The fraction of sp³-hybridized carbons (Fsp3) is 0.190. The molecule has 0 atom stereocenters. The minimum absolute atomic E-state index is 0. The molecule has 156 valence electrons. The zero-order valence-corrected chi connectivity index (χ0v) is 18.5. The summed E-state index contributed by atoms with van der Waals surface area (Å²) in [6.07, 6.45) is 6.03. The number of amides is 1. The third-order valence-electron chi connectivity index (χ3n) is 4.54. The lowest BCUT2D eigenvalue weighted by Gasteiger charge is -2.20. The van der Waals surface area contributed by atoms with E-state index in [1.54, 1.807) is 23.5 Å². The SMILES string of the molecule is Cc1cc(Cl)cc2sc(N(CCCn3ccnc3)C(=O)c3cccc(F)c3)nc12.Cl. The number of imidazole rings is 1. The molecule has 0 saturated heterocycles. The Morgan fingerprint density at radius 3 is 2.87 bits per heavy atom. The molecule has 2 heterocycles. The highest BCUT2D eigenvalue weighted by molar-refractivity contribution is 7.22. The Morgan fingerprint density at radius 2 is 2.13 bits per heavy atom. The van der Waals surface area contributed by atoms with Crippen LogP contribution in [0.2, 0.25) is 5.02 Å². The van der Waals surface area contributed by atoms with Crippen LogP contribution < -0.4 is 4.90 Å². The fourth-order valence-electron chi connectivity index (χ4n) is 3.15. The van der Waals surface area contributed by atoms with Gasteiger partial charge in [0.25, 0.3) is 5.91 Å². The summed E-state index contributed by atoms with van der Waals surface area (Å²) in [5.74, 6) is -0.723. The third-order valence-corrected chi connectivity index (χ3v) is 5.79. The molecular formula is C21H19Cl2FN4OS. The zero-order valence-electron chi connectivity index (χ0n) is 16.1. The van der Waals surface area contributed by atoms with Crippen LogP contribution in [0, 0.1) is 12.7 Å². The smallest absolute Gasteiger partial charge is 0.260 e. The number of carbonyl (C=O) groups excluding carboxylic acids is 1. The van der Waals surface area contributed by atoms with Crippen LogP contribution in [0.3, 0.4) is 0 Å². The van der Waals surface area contributed by atoms with E-state index < -0.39 is 5.82 Å². The van der Waals surface area contributed by atoms with Crippen molar-refractivity contribution in [2.75, 3.05) is 11.4 Å². The van der Waals surface area contributed by atoms with Gasteiger partial charge in [0.1, 0.15) is 5.82 Å². The molecule has 30 heavy (non-hydrogen) atoms. The van der Waals surface area contributed by atoms with Crippen molar-refractivity contribution in [3.05, 3.63) is 77.1 Å². The van der Waals surface area contributed by atoms with E-state index in [0.717, 1.165) is 15.8 Å². The molecule has 1 amide bonds. The minimum atomic E-state index is -0.443. The van der Waals surface area contributed by atoms with Crippen molar-refractivity contribution in [1.82, 2.24) is 14.5 Å². The zero-order chi connectivity index (χ0) is 20.4. The van der Waals surface area contributed by atoms with Crippen molar-refractivity contribution in [2.45, 2.75) is 19.9 Å². The molecule has 0 N–H and O–H groups in total. The van der Waals surface area contributed by atoms with Gasteiger partial charge in [-0.1, -0.05) is 29.0 Å². The highest BCUT2D eigenvalue weighted by atomic mass is 35.5. The predicted molar refractivity (Wildman–Crippen MR) is 122 cm³/mol. The molecule has 5 nitrogen and oxygen atoms in total. The molecule has 0 saturated carbocycles. The quantitative estimate of drug-likeness (QED) is 0.364. The lowest BCUT2D eigenvalue weighted by atomic mass is 10.2. The second-order valence-corrected chi connectivity index (χ2v) is 8.13. The molecule has 2 aromatic carbocycles. The molecule has 0 aliphatic heterocycles. The van der Waals surface area contributed by atoms with E-state index in [2.05, 4.69) is 4.98 Å². The number of carbonyl (C=O) groups is 1. The van der Waals surface area contributed by atoms with E-state index in [1.807, 2.05) is 29.8 Å². The lowest BCUT2D eigenvalue weighted by molar-refractivity contribution is 0.0986. The first-order valence-electron chi connectivity index (χ1n) is 9.11. The molecule has 0 unspecified atom stereocenters. The summed E-state index contributed by atoms with van der Waals surface area (Å²) in [5, 5.41) is 1.21. The molecule has 9 heteroatoms. The fourth-order valence-corrected chi connectivity index (χ4v) is 4.59. The van der Waals surface area contributed by atoms with Gasteiger partial charge in [0, 0.05) is 36.1 Å². The summed E-state index contributed by atoms with van der Waals surface area (Å²) in [5.41, 5.74) is 2.06. The number of hydrogen-bond acceptors (Lipinski definition) is 4. The van der Waals surface area contributed by atoms with Crippen LogP contribution in [0.25, 0.3) is 10.2 Å². The number of anilines is 1. The Morgan fingerprint density at radius 1 is 1.30 bits per heavy atom. The number of aromatic nitrogens is 3. The van der Waals surface area contributed by atoms with E-state index in [0.29, 0.717) is 35.2 Å². The monoisotopic (exact) mass is 464 g/mol. The van der Waals surface area contributed by atoms with Crippen molar-refractivity contribution in [2.24, 2.45) is 0 Å². The molecular weight excluding hydrogens is 446 g/mol. The molecule has 4 aromatic rings. The second-order valence-electron chi connectivity index (χ2n) is 6.69. The lowest BCUT2D eigenvalue weighted by Crippen LogP contribution is -2.32. The van der Waals surface area contributed by atoms with Crippen LogP contribution >= 0.6 is 35.3 Å². The van der Waals surface area contributed by atoms with Gasteiger partial charge in [-0.25, -0.2) is 14.4 Å². The van der Waals surface area contributed by atoms with Gasteiger partial charge in [0.2, 0.25) is 0 Å². The molecule has 4 rings (SSSR count). The highest BCUT2D eigenvalue weighted by Crippen LogP contribution is 2.33. The number of aryl methyl sites for hydroxylation is 2. The standard InChI is InChI=1S/C21H18ClFN4OS.ClH/c1-14-10-16(22)12-18-19(14)25-21(29-18)27(8-3-7-26-9-6-24-13-26)20(28)15-4-2-5-17(23)11-15;/h2,4-6,9-13H,3,7-8H2,1H3;1H. The van der Waals surface area contributed by atoms with E-state index in [9.17, 15) is 9.18 Å². The van der Waals surface area contributed by atoms with Crippen LogP contribution in [0.5, 0.6) is 0 Å². The molecule has 0 aliphatic carbocycles. The maximum atomic E-state index is 13.7. The number of nitrogens with zero attached hydrogens (tertiary/aromatic N) is 4. The first kappa shape index (κ1) is 22.2. The molecule has 0 bridgehead atoms. The van der Waals surface area contributed by atoms with Crippen molar-refractivity contribution in [1.29, 1.82) is 0 Å². The predicted octanol–water partition coefficient (Wildman–Crippen LogP) is 5.75. The topological polar surface area (TPSA) is 51.0 Å². The summed E-state index contributed by atoms with van der Waals surface area (Å²) < 4.78 is 16.6. The van der Waals surface area contributed by atoms with Gasteiger partial charge in [0.05, 0.1) is 16.5 Å². The van der Waals surface area contributed by atoms with Crippen LogP contribution in [0.15, 0.2) is 55.1 Å². The summed E-state index contributed by atoms with van der Waals surface area (Å²) in [7, 11) is 0. The van der Waals surface area contributed by atoms with Crippen LogP contribution in [0.4, 0.5) is 9.52 Å². The van der Waals surface area contributed by atoms with E-state index >= 15 is 0 Å². The maximum Gasteiger partial charge on any atom is 0.260 e. The van der Waals surface area contributed by atoms with Gasteiger partial charge in [-0.05, 0) is 49.2 Å². The van der Waals surface area contributed by atoms with E-state index in [1.165, 1.54) is 29.5 Å². The largest absolute Gasteiger partial charge is 0.337 e. The number of rotatable bonds is 6. The van der Waals surface area contributed by atoms with Crippen molar-refractivity contribution in [3.8, 4) is 0 Å². The number of benzene rings is 2.